The molecule has 0 saturated heterocycles. The van der Waals surface area contributed by atoms with E-state index in [1.54, 1.807) is 6.07 Å². The number of hydrogen-bond donors (Lipinski definition) is 0. The van der Waals surface area contributed by atoms with Gasteiger partial charge in [-0.15, -0.1) is 0 Å². The molecule has 0 bridgehead atoms. The summed E-state index contributed by atoms with van der Waals surface area (Å²) in [7, 11) is -2.35. The van der Waals surface area contributed by atoms with Crippen LogP contribution in [0.4, 0.5) is 4.39 Å². The van der Waals surface area contributed by atoms with Crippen LogP contribution in [0.15, 0.2) is 114 Å². The van der Waals surface area contributed by atoms with E-state index in [1.165, 1.54) is 15.9 Å². The van der Waals surface area contributed by atoms with Crippen LogP contribution in [0.2, 0.25) is 0 Å². The Hall–Kier alpha value is -2.28. The quantitative estimate of drug-likeness (QED) is 0.336. The molecule has 0 atom stereocenters. The summed E-state index contributed by atoms with van der Waals surface area (Å²) in [6.45, 7) is 0. The molecule has 0 nitrogen and oxygen atoms in total. The second-order valence-corrected chi connectivity index (χ2v) is 11.7. The summed E-state index contributed by atoms with van der Waals surface area (Å²) in [5.74, 6) is -0.227. The molecule has 140 valence electrons. The van der Waals surface area contributed by atoms with Crippen molar-refractivity contribution in [3.05, 3.63) is 125 Å². The zero-order chi connectivity index (χ0) is 19.4. The molecule has 28 heavy (non-hydrogen) atoms. The summed E-state index contributed by atoms with van der Waals surface area (Å²) < 4.78 is 14.4. The molecule has 0 saturated carbocycles. The van der Waals surface area contributed by atoms with Crippen LogP contribution >= 0.6 is 23.2 Å². The van der Waals surface area contributed by atoms with Gasteiger partial charge in [0, 0.05) is 0 Å². The number of hydrogen-bond acceptors (Lipinski definition) is 0. The van der Waals surface area contributed by atoms with Crippen LogP contribution in [-0.4, -0.2) is 0 Å². The van der Waals surface area contributed by atoms with Crippen molar-refractivity contribution in [3.63, 3.8) is 0 Å². The molecular weight excluding hydrogens is 430 g/mol. The summed E-state index contributed by atoms with van der Waals surface area (Å²) in [5, 5.41) is 4.06. The van der Waals surface area contributed by atoms with Crippen molar-refractivity contribution in [2.45, 2.75) is 6.16 Å². The van der Waals surface area contributed by atoms with Gasteiger partial charge in [0.15, 0.2) is 0 Å². The van der Waals surface area contributed by atoms with Gasteiger partial charge in [0.25, 0.3) is 0 Å². The SMILES string of the molecule is Fc1ccc(C[PH](c2ccccc2)(c2ccccc2)c2ccccc2)cc1Br. The van der Waals surface area contributed by atoms with Crippen molar-refractivity contribution < 1.29 is 4.39 Å². The minimum atomic E-state index is -2.35. The topological polar surface area (TPSA) is 0 Å². The van der Waals surface area contributed by atoms with Gasteiger partial charge in [-0.3, -0.25) is 0 Å². The average Bonchev–Trinajstić information content (AvgIpc) is 2.76. The van der Waals surface area contributed by atoms with Crippen molar-refractivity contribution in [2.75, 3.05) is 0 Å². The van der Waals surface area contributed by atoms with Crippen molar-refractivity contribution in [2.24, 2.45) is 0 Å². The Kier molecular flexibility index (Phi) is 5.71. The predicted octanol–water partition coefficient (Wildman–Crippen LogP) is 5.81. The van der Waals surface area contributed by atoms with Gasteiger partial charge in [0.2, 0.25) is 0 Å². The normalized spacial score (nSPS) is 11.9. The predicted molar refractivity (Wildman–Crippen MR) is 124 cm³/mol. The van der Waals surface area contributed by atoms with Crippen LogP contribution in [-0.2, 0) is 6.16 Å². The van der Waals surface area contributed by atoms with Crippen LogP contribution in [0.5, 0.6) is 0 Å². The first-order valence-corrected chi connectivity index (χ1v) is 12.3. The first kappa shape index (κ1) is 19.1. The van der Waals surface area contributed by atoms with Crippen molar-refractivity contribution in [1.29, 1.82) is 0 Å². The summed E-state index contributed by atoms with van der Waals surface area (Å²) in [5.41, 5.74) is 1.14. The average molecular weight is 451 g/mol. The van der Waals surface area contributed by atoms with Gasteiger partial charge in [-0.1, -0.05) is 0 Å². The Morgan fingerprint density at radius 1 is 0.607 bits per heavy atom. The molecule has 0 aliphatic heterocycles. The van der Waals surface area contributed by atoms with Gasteiger partial charge >= 0.3 is 175 Å². The van der Waals surface area contributed by atoms with E-state index >= 15 is 0 Å². The fourth-order valence-corrected chi connectivity index (χ4v) is 9.09. The van der Waals surface area contributed by atoms with Crippen LogP contribution in [0.25, 0.3) is 0 Å². The molecule has 0 amide bonds. The molecule has 4 aromatic rings. The third-order valence-electron chi connectivity index (χ3n) is 5.25. The van der Waals surface area contributed by atoms with E-state index in [0.29, 0.717) is 4.47 Å². The van der Waals surface area contributed by atoms with Crippen molar-refractivity contribution in [3.8, 4) is 0 Å². The summed E-state index contributed by atoms with van der Waals surface area (Å²) >= 11 is 3.36. The van der Waals surface area contributed by atoms with E-state index in [9.17, 15) is 4.39 Å². The second kappa shape index (κ2) is 8.39. The molecule has 3 heteroatoms. The first-order chi connectivity index (χ1) is 13.7. The molecule has 0 aliphatic rings. The van der Waals surface area contributed by atoms with Gasteiger partial charge in [-0.25, -0.2) is 0 Å². The molecule has 0 unspecified atom stereocenters. The van der Waals surface area contributed by atoms with Crippen LogP contribution in [0, 0.1) is 5.82 Å². The molecule has 0 radical (unpaired) electrons. The number of benzene rings is 4. The molecule has 0 aromatic heterocycles. The van der Waals surface area contributed by atoms with Gasteiger partial charge in [0.1, 0.15) is 0 Å². The number of halogens is 2. The van der Waals surface area contributed by atoms with Gasteiger partial charge in [-0.2, -0.15) is 0 Å². The zero-order valence-corrected chi connectivity index (χ0v) is 17.9. The Balaban J connectivity index is 1.99. The molecule has 4 rings (SSSR count). The number of rotatable bonds is 5. The molecule has 0 heterocycles. The minimum absolute atomic E-state index is 0.227. The maximum absolute atomic E-state index is 13.9. The zero-order valence-electron chi connectivity index (χ0n) is 15.4. The maximum atomic E-state index is 13.9. The second-order valence-electron chi connectivity index (χ2n) is 6.93. The van der Waals surface area contributed by atoms with Crippen molar-refractivity contribution in [1.82, 2.24) is 0 Å². The Morgan fingerprint density at radius 2 is 1.04 bits per heavy atom. The van der Waals surface area contributed by atoms with Crippen LogP contribution in [0.3, 0.4) is 0 Å². The fourth-order valence-electron chi connectivity index (χ4n) is 3.93. The van der Waals surface area contributed by atoms with Crippen LogP contribution < -0.4 is 15.9 Å². The Morgan fingerprint density at radius 3 is 1.43 bits per heavy atom. The van der Waals surface area contributed by atoms with Crippen LogP contribution in [0.1, 0.15) is 5.56 Å². The van der Waals surface area contributed by atoms with Gasteiger partial charge < -0.3 is 0 Å². The summed E-state index contributed by atoms with van der Waals surface area (Å²) in [6, 6.07) is 37.7. The monoisotopic (exact) mass is 450 g/mol. The Bertz CT molecular complexity index is 953. The van der Waals surface area contributed by atoms with E-state index in [-0.39, 0.29) is 5.82 Å². The third-order valence-corrected chi connectivity index (χ3v) is 10.8. The summed E-state index contributed by atoms with van der Waals surface area (Å²) in [6.07, 6.45) is 0.865. The van der Waals surface area contributed by atoms with E-state index in [2.05, 4.69) is 107 Å². The van der Waals surface area contributed by atoms with Gasteiger partial charge in [-0.05, 0) is 0 Å². The molecule has 0 spiro atoms. The van der Waals surface area contributed by atoms with E-state index in [1.807, 2.05) is 12.1 Å². The van der Waals surface area contributed by atoms with E-state index in [0.717, 1.165) is 11.7 Å². The third kappa shape index (κ3) is 3.68. The van der Waals surface area contributed by atoms with E-state index in [4.69, 9.17) is 0 Å². The summed E-state index contributed by atoms with van der Waals surface area (Å²) in [4.78, 5) is 0. The van der Waals surface area contributed by atoms with E-state index < -0.39 is 7.26 Å². The fraction of sp³-hybridized carbons (Fsp3) is 0.0400. The molecule has 0 N–H and O–H groups in total. The first-order valence-electron chi connectivity index (χ1n) is 9.31. The molecule has 0 fully saturated rings. The molecule has 4 aromatic carbocycles. The molecule has 0 aliphatic carbocycles. The van der Waals surface area contributed by atoms with Crippen molar-refractivity contribution >= 4 is 39.1 Å². The van der Waals surface area contributed by atoms with Gasteiger partial charge in [0.05, 0.1) is 0 Å². The Labute approximate surface area is 174 Å². The molecular formula is C25H21BrFP. The standard InChI is InChI=1S/C25H21BrFP/c26-24-18-20(16-17-25(24)27)19-28(21-10-4-1-5-11-21,22-12-6-2-7-13-22)23-14-8-3-9-15-23/h1-18,28H,19H2.